The van der Waals surface area contributed by atoms with Gasteiger partial charge in [-0.05, 0) is 36.4 Å². The third-order valence-corrected chi connectivity index (χ3v) is 4.10. The minimum Gasteiger partial charge on any atom is -0.340 e. The first-order valence-electron chi connectivity index (χ1n) is 7.29. The second-order valence-electron chi connectivity index (χ2n) is 5.32. The zero-order valence-corrected chi connectivity index (χ0v) is 14.1. The molecule has 7 heteroatoms. The van der Waals surface area contributed by atoms with Crippen LogP contribution in [0.3, 0.4) is 0 Å². The fourth-order valence-electron chi connectivity index (χ4n) is 2.39. The smallest absolute Gasteiger partial charge is 0.254 e. The number of hydrogen-bond donors (Lipinski definition) is 3. The lowest BCUT2D eigenvalue weighted by Gasteiger charge is -2.14. The molecule has 0 saturated heterocycles. The molecule has 3 amide bonds. The van der Waals surface area contributed by atoms with Crippen LogP contribution in [-0.2, 0) is 9.59 Å². The number of para-hydroxylation sites is 1. The summed E-state index contributed by atoms with van der Waals surface area (Å²) < 4.78 is 0.897. The molecule has 1 aliphatic rings. The van der Waals surface area contributed by atoms with E-state index in [0.29, 0.717) is 16.9 Å². The fraction of sp³-hybridized carbons (Fsp3) is 0.118. The third-order valence-electron chi connectivity index (χ3n) is 3.57. The van der Waals surface area contributed by atoms with Gasteiger partial charge in [-0.25, -0.2) is 0 Å². The summed E-state index contributed by atoms with van der Waals surface area (Å²) in [5, 5.41) is 7.96. The van der Waals surface area contributed by atoms with Gasteiger partial charge >= 0.3 is 0 Å². The van der Waals surface area contributed by atoms with Gasteiger partial charge in [-0.2, -0.15) is 0 Å². The number of rotatable bonds is 3. The Labute approximate surface area is 146 Å². The van der Waals surface area contributed by atoms with Crippen molar-refractivity contribution < 1.29 is 14.4 Å². The lowest BCUT2D eigenvalue weighted by Crippen LogP contribution is -2.43. The molecule has 0 bridgehead atoms. The zero-order valence-electron chi connectivity index (χ0n) is 12.5. The van der Waals surface area contributed by atoms with Gasteiger partial charge in [0.2, 0.25) is 11.8 Å². The monoisotopic (exact) mass is 387 g/mol. The summed E-state index contributed by atoms with van der Waals surface area (Å²) in [6, 6.07) is 12.9. The van der Waals surface area contributed by atoms with E-state index < -0.39 is 11.9 Å². The quantitative estimate of drug-likeness (QED) is 0.755. The van der Waals surface area contributed by atoms with Crippen molar-refractivity contribution >= 4 is 45.0 Å². The van der Waals surface area contributed by atoms with Crippen LogP contribution in [0.4, 0.5) is 11.4 Å². The standard InChI is InChI=1S/C17H14BrN3O3/c18-10-5-7-11(8-6-10)19-15(22)9-14-17(24)20-13-4-2-1-3-12(13)16(23)21-14/h1-8,14H,9H2,(H,19,22)(H,20,24)(H,21,23)/t14-/m0/s1. The second kappa shape index (κ2) is 6.84. The maximum atomic E-state index is 12.2. The Kier molecular flexibility index (Phi) is 4.61. The molecular formula is C17H14BrN3O3. The van der Waals surface area contributed by atoms with Crippen LogP contribution in [0.15, 0.2) is 53.0 Å². The van der Waals surface area contributed by atoms with E-state index >= 15 is 0 Å². The van der Waals surface area contributed by atoms with Gasteiger partial charge in [0, 0.05) is 10.2 Å². The van der Waals surface area contributed by atoms with Gasteiger partial charge in [0.25, 0.3) is 5.91 Å². The van der Waals surface area contributed by atoms with Crippen molar-refractivity contribution in [2.75, 3.05) is 10.6 Å². The molecule has 1 atom stereocenters. The number of benzene rings is 2. The predicted molar refractivity (Wildman–Crippen MR) is 93.7 cm³/mol. The minimum atomic E-state index is -0.930. The Morgan fingerprint density at radius 3 is 2.54 bits per heavy atom. The van der Waals surface area contributed by atoms with Gasteiger partial charge in [0.1, 0.15) is 6.04 Å². The summed E-state index contributed by atoms with van der Waals surface area (Å²) in [5.41, 5.74) is 1.43. The van der Waals surface area contributed by atoms with E-state index in [2.05, 4.69) is 31.9 Å². The first kappa shape index (κ1) is 16.2. The average molecular weight is 388 g/mol. The maximum Gasteiger partial charge on any atom is 0.254 e. The number of carbonyl (C=O) groups is 3. The highest BCUT2D eigenvalue weighted by Gasteiger charge is 2.29. The lowest BCUT2D eigenvalue weighted by molar-refractivity contribution is -0.122. The highest BCUT2D eigenvalue weighted by molar-refractivity contribution is 9.10. The van der Waals surface area contributed by atoms with Crippen LogP contribution < -0.4 is 16.0 Å². The molecule has 3 N–H and O–H groups in total. The number of amides is 3. The number of fused-ring (bicyclic) bond motifs is 1. The van der Waals surface area contributed by atoms with Crippen molar-refractivity contribution in [3.8, 4) is 0 Å². The Hall–Kier alpha value is -2.67. The topological polar surface area (TPSA) is 87.3 Å². The number of halogens is 1. The highest BCUT2D eigenvalue weighted by Crippen LogP contribution is 2.19. The fourth-order valence-corrected chi connectivity index (χ4v) is 2.65. The van der Waals surface area contributed by atoms with Crippen LogP contribution in [0.25, 0.3) is 0 Å². The Morgan fingerprint density at radius 2 is 1.79 bits per heavy atom. The molecule has 0 unspecified atom stereocenters. The van der Waals surface area contributed by atoms with Crippen LogP contribution >= 0.6 is 15.9 Å². The number of hydrogen-bond acceptors (Lipinski definition) is 3. The molecule has 2 aromatic carbocycles. The summed E-state index contributed by atoms with van der Waals surface area (Å²) in [6.07, 6.45) is -0.151. The molecule has 2 aromatic rings. The van der Waals surface area contributed by atoms with Crippen molar-refractivity contribution in [3.05, 3.63) is 58.6 Å². The summed E-state index contributed by atoms with van der Waals surface area (Å²) in [7, 11) is 0. The largest absolute Gasteiger partial charge is 0.340 e. The first-order valence-corrected chi connectivity index (χ1v) is 8.08. The summed E-state index contributed by atoms with van der Waals surface area (Å²) >= 11 is 3.32. The average Bonchev–Trinajstić information content (AvgIpc) is 2.67. The van der Waals surface area contributed by atoms with Crippen LogP contribution in [0, 0.1) is 0 Å². The Balaban J connectivity index is 1.69. The molecule has 1 aliphatic heterocycles. The van der Waals surface area contributed by atoms with Gasteiger partial charge in [-0.3, -0.25) is 14.4 Å². The molecular weight excluding hydrogens is 374 g/mol. The number of carbonyl (C=O) groups excluding carboxylic acids is 3. The first-order chi connectivity index (χ1) is 11.5. The minimum absolute atomic E-state index is 0.151. The van der Waals surface area contributed by atoms with E-state index in [9.17, 15) is 14.4 Å². The summed E-state index contributed by atoms with van der Waals surface area (Å²) in [4.78, 5) is 36.6. The van der Waals surface area contributed by atoms with Crippen LogP contribution in [-0.4, -0.2) is 23.8 Å². The molecule has 6 nitrogen and oxygen atoms in total. The van der Waals surface area contributed by atoms with E-state index in [0.717, 1.165) is 4.47 Å². The van der Waals surface area contributed by atoms with Gasteiger partial charge in [-0.1, -0.05) is 28.1 Å². The summed E-state index contributed by atoms with van der Waals surface area (Å²) in [5.74, 6) is -1.16. The van der Waals surface area contributed by atoms with E-state index in [1.54, 1.807) is 48.5 Å². The van der Waals surface area contributed by atoms with Crippen LogP contribution in [0.5, 0.6) is 0 Å². The molecule has 0 aromatic heterocycles. The molecule has 0 radical (unpaired) electrons. The van der Waals surface area contributed by atoms with E-state index in [-0.39, 0.29) is 18.2 Å². The SMILES string of the molecule is O=C(C[C@@H]1NC(=O)c2ccccc2NC1=O)Nc1ccc(Br)cc1. The van der Waals surface area contributed by atoms with Crippen molar-refractivity contribution in [1.29, 1.82) is 0 Å². The molecule has 0 saturated carbocycles. The van der Waals surface area contributed by atoms with Gasteiger partial charge in [0.15, 0.2) is 0 Å². The zero-order chi connectivity index (χ0) is 17.1. The predicted octanol–water partition coefficient (Wildman–Crippen LogP) is 2.53. The van der Waals surface area contributed by atoms with Gasteiger partial charge in [0.05, 0.1) is 17.7 Å². The number of anilines is 2. The van der Waals surface area contributed by atoms with E-state index in [1.165, 1.54) is 0 Å². The molecule has 24 heavy (non-hydrogen) atoms. The Morgan fingerprint density at radius 1 is 1.08 bits per heavy atom. The molecule has 3 rings (SSSR count). The van der Waals surface area contributed by atoms with Gasteiger partial charge in [-0.15, -0.1) is 0 Å². The molecule has 1 heterocycles. The van der Waals surface area contributed by atoms with Crippen molar-refractivity contribution in [1.82, 2.24) is 5.32 Å². The van der Waals surface area contributed by atoms with Crippen LogP contribution in [0.2, 0.25) is 0 Å². The summed E-state index contributed by atoms with van der Waals surface area (Å²) in [6.45, 7) is 0. The van der Waals surface area contributed by atoms with Crippen molar-refractivity contribution in [3.63, 3.8) is 0 Å². The van der Waals surface area contributed by atoms with Crippen molar-refractivity contribution in [2.45, 2.75) is 12.5 Å². The van der Waals surface area contributed by atoms with Crippen LogP contribution in [0.1, 0.15) is 16.8 Å². The number of nitrogens with one attached hydrogen (secondary N) is 3. The molecule has 122 valence electrons. The normalized spacial score (nSPS) is 16.5. The highest BCUT2D eigenvalue weighted by atomic mass is 79.9. The molecule has 0 aliphatic carbocycles. The van der Waals surface area contributed by atoms with E-state index in [4.69, 9.17) is 0 Å². The Bertz CT molecular complexity index is 805. The van der Waals surface area contributed by atoms with Crippen molar-refractivity contribution in [2.24, 2.45) is 0 Å². The molecule has 0 fully saturated rings. The maximum absolute atomic E-state index is 12.2. The van der Waals surface area contributed by atoms with Gasteiger partial charge < -0.3 is 16.0 Å². The lowest BCUT2D eigenvalue weighted by atomic mass is 10.1. The molecule has 0 spiro atoms. The second-order valence-corrected chi connectivity index (χ2v) is 6.24. The third kappa shape index (κ3) is 3.62. The van der Waals surface area contributed by atoms with E-state index in [1.807, 2.05) is 0 Å².